The van der Waals surface area contributed by atoms with Crippen molar-refractivity contribution >= 4 is 17.9 Å². The standard InChI is InChI=1S/C11H10O7/c1-5(9(12)13)18-8-3-6(10(14)15)2-7(4-8)11(16)17/h2-5H,1H3,(H,12,13)(H,14,15)(H,16,17). The molecule has 0 fully saturated rings. The first kappa shape index (κ1) is 13.5. The van der Waals surface area contributed by atoms with Crippen LogP contribution in [0.2, 0.25) is 0 Å². The van der Waals surface area contributed by atoms with E-state index in [1.807, 2.05) is 0 Å². The third kappa shape index (κ3) is 3.21. The minimum absolute atomic E-state index is 0.123. The van der Waals surface area contributed by atoms with E-state index in [9.17, 15) is 14.4 Å². The van der Waals surface area contributed by atoms with Crippen LogP contribution in [0.15, 0.2) is 18.2 Å². The summed E-state index contributed by atoms with van der Waals surface area (Å²) in [6.07, 6.45) is -1.21. The van der Waals surface area contributed by atoms with Crippen molar-refractivity contribution in [1.29, 1.82) is 0 Å². The van der Waals surface area contributed by atoms with E-state index in [1.165, 1.54) is 6.92 Å². The molecule has 0 amide bonds. The number of carboxylic acid groups (broad SMARTS) is 3. The summed E-state index contributed by atoms with van der Waals surface area (Å²) in [5.41, 5.74) is -0.579. The molecule has 0 spiro atoms. The average molecular weight is 254 g/mol. The van der Waals surface area contributed by atoms with Gasteiger partial charge in [-0.15, -0.1) is 0 Å². The molecule has 0 aromatic heterocycles. The van der Waals surface area contributed by atoms with Crippen molar-refractivity contribution in [2.24, 2.45) is 0 Å². The lowest BCUT2D eigenvalue weighted by Gasteiger charge is -2.11. The molecule has 0 aliphatic carbocycles. The van der Waals surface area contributed by atoms with E-state index in [4.69, 9.17) is 20.1 Å². The van der Waals surface area contributed by atoms with E-state index < -0.39 is 24.0 Å². The van der Waals surface area contributed by atoms with Crippen LogP contribution in [0, 0.1) is 0 Å². The summed E-state index contributed by atoms with van der Waals surface area (Å²) in [6.45, 7) is 1.25. The summed E-state index contributed by atoms with van der Waals surface area (Å²) in [5, 5.41) is 26.2. The zero-order valence-corrected chi connectivity index (χ0v) is 9.28. The number of benzene rings is 1. The fraction of sp³-hybridized carbons (Fsp3) is 0.182. The number of hydrogen-bond donors (Lipinski definition) is 3. The van der Waals surface area contributed by atoms with E-state index >= 15 is 0 Å². The highest BCUT2D eigenvalue weighted by Gasteiger charge is 2.16. The van der Waals surface area contributed by atoms with Gasteiger partial charge in [-0.1, -0.05) is 0 Å². The van der Waals surface area contributed by atoms with Gasteiger partial charge in [-0.2, -0.15) is 0 Å². The Kier molecular flexibility index (Phi) is 3.88. The first-order chi connectivity index (χ1) is 8.31. The van der Waals surface area contributed by atoms with Crippen molar-refractivity contribution in [3.63, 3.8) is 0 Å². The predicted octanol–water partition coefficient (Wildman–Crippen LogP) is 0.935. The molecule has 1 aromatic rings. The van der Waals surface area contributed by atoms with E-state index in [1.54, 1.807) is 0 Å². The summed E-state index contributed by atoms with van der Waals surface area (Å²) in [4.78, 5) is 32.1. The van der Waals surface area contributed by atoms with Crippen LogP contribution in [0.1, 0.15) is 27.6 Å². The summed E-state index contributed by atoms with van der Waals surface area (Å²) in [5.74, 6) is -4.02. The van der Waals surface area contributed by atoms with Gasteiger partial charge < -0.3 is 20.1 Å². The third-order valence-corrected chi connectivity index (χ3v) is 2.06. The second-order valence-corrected chi connectivity index (χ2v) is 3.45. The second-order valence-electron chi connectivity index (χ2n) is 3.45. The van der Waals surface area contributed by atoms with Gasteiger partial charge in [-0.25, -0.2) is 14.4 Å². The number of ether oxygens (including phenoxy) is 1. The Morgan fingerprint density at radius 3 is 1.78 bits per heavy atom. The van der Waals surface area contributed by atoms with E-state index in [2.05, 4.69) is 0 Å². The van der Waals surface area contributed by atoms with Crippen molar-refractivity contribution in [2.45, 2.75) is 13.0 Å². The first-order valence-electron chi connectivity index (χ1n) is 4.82. The predicted molar refractivity (Wildman–Crippen MR) is 58.1 cm³/mol. The summed E-state index contributed by atoms with van der Waals surface area (Å²) >= 11 is 0. The molecule has 0 aliphatic heterocycles. The topological polar surface area (TPSA) is 121 Å². The lowest BCUT2D eigenvalue weighted by Crippen LogP contribution is -2.23. The molecule has 3 N–H and O–H groups in total. The van der Waals surface area contributed by atoms with Crippen LogP contribution in [0.4, 0.5) is 0 Å². The van der Waals surface area contributed by atoms with Gasteiger partial charge in [0.15, 0.2) is 6.10 Å². The molecule has 1 aromatic carbocycles. The maximum absolute atomic E-state index is 10.8. The molecule has 0 aliphatic rings. The van der Waals surface area contributed by atoms with Gasteiger partial charge in [0.2, 0.25) is 0 Å². The van der Waals surface area contributed by atoms with Gasteiger partial charge in [0.25, 0.3) is 0 Å². The van der Waals surface area contributed by atoms with Gasteiger partial charge in [-0.3, -0.25) is 0 Å². The Bertz CT molecular complexity index is 474. The van der Waals surface area contributed by atoms with Gasteiger partial charge >= 0.3 is 17.9 Å². The highest BCUT2D eigenvalue weighted by atomic mass is 16.5. The lowest BCUT2D eigenvalue weighted by atomic mass is 10.1. The first-order valence-corrected chi connectivity index (χ1v) is 4.82. The molecule has 1 atom stereocenters. The number of carbonyl (C=O) groups is 3. The molecule has 0 saturated heterocycles. The third-order valence-electron chi connectivity index (χ3n) is 2.06. The van der Waals surface area contributed by atoms with Crippen LogP contribution in [-0.2, 0) is 4.79 Å². The fourth-order valence-electron chi connectivity index (χ4n) is 1.17. The summed E-state index contributed by atoms with van der Waals surface area (Å²) in [6, 6.07) is 3.09. The number of aliphatic carboxylic acids is 1. The fourth-order valence-corrected chi connectivity index (χ4v) is 1.17. The largest absolute Gasteiger partial charge is 0.479 e. The Hall–Kier alpha value is -2.57. The number of hydrogen-bond acceptors (Lipinski definition) is 4. The zero-order chi connectivity index (χ0) is 13.9. The van der Waals surface area contributed by atoms with E-state index in [0.29, 0.717) is 0 Å². The molecular formula is C11H10O7. The molecule has 7 nitrogen and oxygen atoms in total. The number of rotatable bonds is 5. The molecule has 0 saturated carbocycles. The molecule has 1 unspecified atom stereocenters. The van der Waals surface area contributed by atoms with Crippen LogP contribution in [0.3, 0.4) is 0 Å². The van der Waals surface area contributed by atoms with Crippen LogP contribution in [0.25, 0.3) is 0 Å². The molecular weight excluding hydrogens is 244 g/mol. The lowest BCUT2D eigenvalue weighted by molar-refractivity contribution is -0.144. The van der Waals surface area contributed by atoms with E-state index in [-0.39, 0.29) is 16.9 Å². The zero-order valence-electron chi connectivity index (χ0n) is 9.28. The normalized spacial score (nSPS) is 11.6. The second kappa shape index (κ2) is 5.17. The van der Waals surface area contributed by atoms with Crippen molar-refractivity contribution in [3.8, 4) is 5.75 Å². The van der Waals surface area contributed by atoms with Crippen molar-refractivity contribution in [1.82, 2.24) is 0 Å². The number of carboxylic acids is 3. The monoisotopic (exact) mass is 254 g/mol. The van der Waals surface area contributed by atoms with Crippen LogP contribution in [-0.4, -0.2) is 39.3 Å². The minimum Gasteiger partial charge on any atom is -0.479 e. The molecule has 7 heteroatoms. The Balaban J connectivity index is 3.15. The highest BCUT2D eigenvalue weighted by molar-refractivity contribution is 5.94. The summed E-state index contributed by atoms with van der Waals surface area (Å²) in [7, 11) is 0. The maximum Gasteiger partial charge on any atom is 0.344 e. The van der Waals surface area contributed by atoms with Gasteiger partial charge in [0.05, 0.1) is 11.1 Å². The summed E-state index contributed by atoms with van der Waals surface area (Å²) < 4.78 is 4.93. The molecule has 0 heterocycles. The Morgan fingerprint density at radius 2 is 1.44 bits per heavy atom. The van der Waals surface area contributed by atoms with Crippen LogP contribution >= 0.6 is 0 Å². The van der Waals surface area contributed by atoms with Crippen LogP contribution in [0.5, 0.6) is 5.75 Å². The minimum atomic E-state index is -1.33. The Morgan fingerprint density at radius 1 is 1.00 bits per heavy atom. The smallest absolute Gasteiger partial charge is 0.344 e. The van der Waals surface area contributed by atoms with Gasteiger partial charge in [0.1, 0.15) is 5.75 Å². The van der Waals surface area contributed by atoms with Crippen molar-refractivity contribution in [2.75, 3.05) is 0 Å². The van der Waals surface area contributed by atoms with Gasteiger partial charge in [-0.05, 0) is 25.1 Å². The van der Waals surface area contributed by atoms with Gasteiger partial charge in [0, 0.05) is 0 Å². The molecule has 0 radical (unpaired) electrons. The van der Waals surface area contributed by atoms with E-state index in [0.717, 1.165) is 18.2 Å². The maximum atomic E-state index is 10.8. The number of aromatic carboxylic acids is 2. The molecule has 0 bridgehead atoms. The molecule has 18 heavy (non-hydrogen) atoms. The van der Waals surface area contributed by atoms with Crippen molar-refractivity contribution in [3.05, 3.63) is 29.3 Å². The van der Waals surface area contributed by atoms with Crippen LogP contribution < -0.4 is 4.74 Å². The molecule has 96 valence electrons. The highest BCUT2D eigenvalue weighted by Crippen LogP contribution is 2.19. The Labute approximate surface area is 101 Å². The van der Waals surface area contributed by atoms with Crippen molar-refractivity contribution < 1.29 is 34.4 Å². The average Bonchev–Trinajstić information content (AvgIpc) is 2.28. The quantitative estimate of drug-likeness (QED) is 0.714. The SMILES string of the molecule is CC(Oc1cc(C(=O)O)cc(C(=O)O)c1)C(=O)O. The molecule has 1 rings (SSSR count).